The molecule has 0 N–H and O–H groups in total. The normalized spacial score (nSPS) is 14.3. The second-order valence-corrected chi connectivity index (χ2v) is 17.7. The van der Waals surface area contributed by atoms with Crippen LogP contribution in [0.1, 0.15) is 62.3 Å². The zero-order chi connectivity index (χ0) is 20.1. The summed E-state index contributed by atoms with van der Waals surface area (Å²) in [7, 11) is 5.75. The molecular weight excluding hydrogens is 515 g/mol. The summed E-state index contributed by atoms with van der Waals surface area (Å²) in [5.41, 5.74) is -0.706. The van der Waals surface area contributed by atoms with Crippen LogP contribution in [0.4, 0.5) is 0 Å². The van der Waals surface area contributed by atoms with Gasteiger partial charge < -0.3 is 0 Å². The summed E-state index contributed by atoms with van der Waals surface area (Å²) in [5, 5.41) is 26.3. The Morgan fingerprint density at radius 3 is 0.840 bits per heavy atom. The molecule has 0 spiro atoms. The Labute approximate surface area is 162 Å². The van der Waals surface area contributed by atoms with Crippen LogP contribution in [0.2, 0.25) is 0 Å². The molecule has 0 aliphatic rings. The minimum atomic E-state index is -2.84. The van der Waals surface area contributed by atoms with Crippen LogP contribution in [0.5, 0.6) is 0 Å². The van der Waals surface area contributed by atoms with Gasteiger partial charge in [-0.1, -0.05) is 0 Å². The van der Waals surface area contributed by atoms with Crippen molar-refractivity contribution in [2.75, 3.05) is 21.1 Å². The molecule has 0 saturated heterocycles. The van der Waals surface area contributed by atoms with Crippen LogP contribution in [-0.4, -0.2) is 69.2 Å². The quantitative estimate of drug-likeness (QED) is 0.281. The van der Waals surface area contributed by atoms with Crippen molar-refractivity contribution in [3.63, 3.8) is 0 Å². The fourth-order valence-electron chi connectivity index (χ4n) is 1.27. The van der Waals surface area contributed by atoms with Gasteiger partial charge in [0.05, 0.1) is 0 Å². The molecule has 0 aromatic rings. The predicted molar refractivity (Wildman–Crippen MR) is 103 cm³/mol. The summed E-state index contributed by atoms with van der Waals surface area (Å²) < 4.78 is 5.68. The Hall–Kier alpha value is -0.917. The van der Waals surface area contributed by atoms with Gasteiger partial charge in [-0.15, -0.1) is 0 Å². The maximum absolute atomic E-state index is 4.39. The summed E-state index contributed by atoms with van der Waals surface area (Å²) in [6.45, 7) is 18.1. The van der Waals surface area contributed by atoms with E-state index in [0.29, 0.717) is 0 Å². The Bertz CT molecular complexity index is 411. The number of rotatable bonds is 6. The molecule has 10 heteroatoms. The molecule has 0 radical (unpaired) electrons. The topological polar surface area (TPSA) is 83.9 Å². The molecule has 146 valence electrons. The Morgan fingerprint density at radius 1 is 0.480 bits per heavy atom. The van der Waals surface area contributed by atoms with Gasteiger partial charge in [0.15, 0.2) is 0 Å². The number of hydrogen-bond donors (Lipinski definition) is 0. The molecule has 0 bridgehead atoms. The average molecular weight is 551 g/mol. The number of hydrogen-bond acceptors (Lipinski definition) is 6. The molecule has 0 rings (SSSR count). The molecule has 0 atom stereocenters. The van der Waals surface area contributed by atoms with E-state index in [9.17, 15) is 0 Å². The van der Waals surface area contributed by atoms with Crippen LogP contribution in [0.3, 0.4) is 0 Å². The molecular formula is C15H36BiN9. The third kappa shape index (κ3) is 12.1. The van der Waals surface area contributed by atoms with E-state index in [0.717, 1.165) is 0 Å². The van der Waals surface area contributed by atoms with Crippen molar-refractivity contribution in [3.05, 3.63) is 0 Å². The van der Waals surface area contributed by atoms with Gasteiger partial charge in [0, 0.05) is 0 Å². The Morgan fingerprint density at radius 2 is 0.680 bits per heavy atom. The Kier molecular flexibility index (Phi) is 8.81. The zero-order valence-electron chi connectivity index (χ0n) is 18.0. The average Bonchev–Trinajstić information content (AvgIpc) is 2.38. The van der Waals surface area contributed by atoms with Gasteiger partial charge in [0.2, 0.25) is 0 Å². The van der Waals surface area contributed by atoms with Crippen molar-refractivity contribution >= 4 is 22.6 Å². The van der Waals surface area contributed by atoms with Gasteiger partial charge in [0.1, 0.15) is 0 Å². The maximum atomic E-state index is 4.39. The van der Waals surface area contributed by atoms with Crippen molar-refractivity contribution in [2.45, 2.75) is 78.9 Å². The van der Waals surface area contributed by atoms with Crippen molar-refractivity contribution in [3.8, 4) is 0 Å². The number of nitrogens with zero attached hydrogens (tertiary/aromatic N) is 9. The molecule has 0 aliphatic heterocycles. The van der Waals surface area contributed by atoms with Crippen LogP contribution < -0.4 is 0 Å². The van der Waals surface area contributed by atoms with E-state index >= 15 is 0 Å². The van der Waals surface area contributed by atoms with E-state index in [-0.39, 0.29) is 16.6 Å². The minimum absolute atomic E-state index is 0.235. The fraction of sp³-hybridized carbons (Fsp3) is 1.00. The summed E-state index contributed by atoms with van der Waals surface area (Å²) in [6.07, 6.45) is 0. The molecule has 25 heavy (non-hydrogen) atoms. The second kappa shape index (κ2) is 9.15. The molecule has 0 aromatic heterocycles. The van der Waals surface area contributed by atoms with E-state index < -0.39 is 22.6 Å². The van der Waals surface area contributed by atoms with Gasteiger partial charge in [-0.25, -0.2) is 0 Å². The third-order valence-corrected chi connectivity index (χ3v) is 9.17. The summed E-state index contributed by atoms with van der Waals surface area (Å²) >= 11 is -2.84. The standard InChI is InChI=1S/3C5H12N3.Bi/c3*1-5(2,3)7-8-6-4;/h3*1-4H3;/q3*-1;+3. The summed E-state index contributed by atoms with van der Waals surface area (Å²) in [4.78, 5) is 0. The first kappa shape index (κ1) is 24.1. The first-order valence-electron chi connectivity index (χ1n) is 8.31. The van der Waals surface area contributed by atoms with Gasteiger partial charge >= 0.3 is 163 Å². The van der Waals surface area contributed by atoms with Crippen molar-refractivity contribution in [1.82, 2.24) is 8.86 Å². The molecule has 0 aliphatic carbocycles. The third-order valence-electron chi connectivity index (χ3n) is 2.20. The van der Waals surface area contributed by atoms with E-state index in [1.807, 2.05) is 92.3 Å². The predicted octanol–water partition coefficient (Wildman–Crippen LogP) is 4.26. The fourth-order valence-corrected chi connectivity index (χ4v) is 6.94. The van der Waals surface area contributed by atoms with Crippen LogP contribution in [0, 0.1) is 0 Å². The van der Waals surface area contributed by atoms with Crippen molar-refractivity contribution < 1.29 is 0 Å². The van der Waals surface area contributed by atoms with Gasteiger partial charge in [-0.2, -0.15) is 0 Å². The molecule has 9 nitrogen and oxygen atoms in total. The van der Waals surface area contributed by atoms with Crippen LogP contribution >= 0.6 is 0 Å². The SMILES string of the molecule is C[N](N=NC(C)(C)C)[Bi]([N](C)N=NC(C)(C)C)[N](C)N=NC(C)(C)C. The van der Waals surface area contributed by atoms with E-state index in [1.54, 1.807) is 0 Å². The summed E-state index contributed by atoms with van der Waals surface area (Å²) in [5.74, 6) is 0. The summed E-state index contributed by atoms with van der Waals surface area (Å²) in [6, 6.07) is 0. The van der Waals surface area contributed by atoms with E-state index in [1.165, 1.54) is 0 Å². The first-order valence-corrected chi connectivity index (χ1v) is 13.0. The molecule has 0 fully saturated rings. The Balaban J connectivity index is 5.53. The molecule has 0 unspecified atom stereocenters. The van der Waals surface area contributed by atoms with Gasteiger partial charge in [0.25, 0.3) is 0 Å². The molecule has 0 saturated carbocycles. The molecule has 0 heterocycles. The van der Waals surface area contributed by atoms with Gasteiger partial charge in [-0.05, 0) is 0 Å². The second-order valence-electron chi connectivity index (χ2n) is 8.82. The van der Waals surface area contributed by atoms with Gasteiger partial charge in [-0.3, -0.25) is 0 Å². The zero-order valence-corrected chi connectivity index (χ0v) is 21.4. The van der Waals surface area contributed by atoms with Crippen LogP contribution in [0.25, 0.3) is 0 Å². The van der Waals surface area contributed by atoms with Crippen molar-refractivity contribution in [2.24, 2.45) is 31.0 Å². The monoisotopic (exact) mass is 551 g/mol. The van der Waals surface area contributed by atoms with E-state index in [2.05, 4.69) is 31.0 Å². The van der Waals surface area contributed by atoms with Crippen molar-refractivity contribution in [1.29, 1.82) is 0 Å². The van der Waals surface area contributed by atoms with Crippen LogP contribution in [0.15, 0.2) is 31.0 Å². The molecule has 0 amide bonds. The van der Waals surface area contributed by atoms with Crippen LogP contribution in [-0.2, 0) is 0 Å². The van der Waals surface area contributed by atoms with E-state index in [4.69, 9.17) is 0 Å². The molecule has 0 aromatic carbocycles. The first-order chi connectivity index (χ1) is 11.0.